The predicted molar refractivity (Wildman–Crippen MR) is 44.6 cm³/mol. The summed E-state index contributed by atoms with van der Waals surface area (Å²) < 4.78 is 0. The fraction of sp³-hybridized carbons (Fsp3) is 0.714. The lowest BCUT2D eigenvalue weighted by atomic mass is 10.2. The van der Waals surface area contributed by atoms with E-state index in [0.29, 0.717) is 0 Å². The second-order valence-corrected chi connectivity index (χ2v) is 4.12. The highest BCUT2D eigenvalue weighted by molar-refractivity contribution is 8.03. The number of thioether (sulfide) groups is 1. The number of allylic oxidation sites excluding steroid dienone is 1. The number of aliphatic hydroxyl groups is 1. The molecule has 0 saturated carbocycles. The summed E-state index contributed by atoms with van der Waals surface area (Å²) in [5, 5.41) is 14.1. The van der Waals surface area contributed by atoms with Crippen molar-refractivity contribution in [2.45, 2.75) is 25.1 Å². The first-order chi connectivity index (χ1) is 4.66. The minimum Gasteiger partial charge on any atom is -0.396 e. The molecule has 0 radical (unpaired) electrons. The van der Waals surface area contributed by atoms with E-state index >= 15 is 0 Å². The number of hydrogen-bond donors (Lipinski definition) is 2. The van der Waals surface area contributed by atoms with E-state index in [1.165, 1.54) is 5.70 Å². The second-order valence-electron chi connectivity index (χ2n) is 2.75. The molecule has 3 heteroatoms. The summed E-state index contributed by atoms with van der Waals surface area (Å²) in [5.41, 5.74) is 1.20. The van der Waals surface area contributed by atoms with Crippen LogP contribution in [0, 0.1) is 0 Å². The van der Waals surface area contributed by atoms with Crippen LogP contribution in [0.3, 0.4) is 0 Å². The van der Waals surface area contributed by atoms with Crippen LogP contribution in [0.1, 0.15) is 20.3 Å². The molecule has 1 heterocycles. The van der Waals surface area contributed by atoms with E-state index < -0.39 is 0 Å². The summed E-state index contributed by atoms with van der Waals surface area (Å²) in [6.45, 7) is 4.38. The highest BCUT2D eigenvalue weighted by Gasteiger charge is 2.26. The molecule has 0 aliphatic carbocycles. The average molecular weight is 159 g/mol. The number of nitrogens with one attached hydrogen (secondary N) is 1. The normalized spacial score (nSPS) is 31.7. The molecule has 58 valence electrons. The van der Waals surface area contributed by atoms with Crippen LogP contribution in [0.15, 0.2) is 11.1 Å². The number of rotatable bonds is 2. The van der Waals surface area contributed by atoms with Gasteiger partial charge in [0.1, 0.15) is 0 Å². The molecule has 0 aromatic heterocycles. The molecule has 10 heavy (non-hydrogen) atoms. The largest absolute Gasteiger partial charge is 0.396 e. The van der Waals surface area contributed by atoms with E-state index in [1.807, 2.05) is 6.92 Å². The van der Waals surface area contributed by atoms with Crippen LogP contribution >= 0.6 is 11.8 Å². The summed E-state index contributed by atoms with van der Waals surface area (Å²) in [6.07, 6.45) is 0.797. The van der Waals surface area contributed by atoms with E-state index in [0.717, 1.165) is 6.42 Å². The first-order valence-corrected chi connectivity index (χ1v) is 4.28. The van der Waals surface area contributed by atoms with Crippen molar-refractivity contribution < 1.29 is 5.11 Å². The van der Waals surface area contributed by atoms with Gasteiger partial charge in [0, 0.05) is 18.7 Å². The molecular formula is C7H13NOS. The van der Waals surface area contributed by atoms with Crippen molar-refractivity contribution in [1.82, 2.24) is 5.32 Å². The molecule has 0 saturated heterocycles. The zero-order valence-electron chi connectivity index (χ0n) is 6.35. The highest BCUT2D eigenvalue weighted by atomic mass is 32.2. The maximum atomic E-state index is 8.70. The molecule has 1 atom stereocenters. The molecule has 0 amide bonds. The molecular weight excluding hydrogens is 146 g/mol. The molecule has 1 unspecified atom stereocenters. The van der Waals surface area contributed by atoms with Gasteiger partial charge in [-0.3, -0.25) is 0 Å². The quantitative estimate of drug-likeness (QED) is 0.636. The fourth-order valence-electron chi connectivity index (χ4n) is 1.03. The number of hydrogen-bond acceptors (Lipinski definition) is 3. The van der Waals surface area contributed by atoms with E-state index in [9.17, 15) is 0 Å². The molecule has 2 nitrogen and oxygen atoms in total. The van der Waals surface area contributed by atoms with Crippen LogP contribution < -0.4 is 5.32 Å². The first-order valence-electron chi connectivity index (χ1n) is 3.40. The third-order valence-corrected chi connectivity index (χ3v) is 2.84. The van der Waals surface area contributed by atoms with Crippen LogP contribution in [-0.2, 0) is 0 Å². The second kappa shape index (κ2) is 2.84. The maximum absolute atomic E-state index is 8.70. The van der Waals surface area contributed by atoms with Gasteiger partial charge in [0.25, 0.3) is 0 Å². The van der Waals surface area contributed by atoms with Gasteiger partial charge in [-0.25, -0.2) is 0 Å². The molecule has 1 rings (SSSR count). The van der Waals surface area contributed by atoms with Gasteiger partial charge >= 0.3 is 0 Å². The smallest absolute Gasteiger partial charge is 0.0865 e. The Balaban J connectivity index is 2.44. The Morgan fingerprint density at radius 2 is 2.50 bits per heavy atom. The Bertz CT molecular complexity index is 158. The van der Waals surface area contributed by atoms with Gasteiger partial charge in [-0.1, -0.05) is 0 Å². The minimum absolute atomic E-state index is 0.0405. The van der Waals surface area contributed by atoms with E-state index in [1.54, 1.807) is 11.8 Å². The summed E-state index contributed by atoms with van der Waals surface area (Å²) in [6, 6.07) is 0. The van der Waals surface area contributed by atoms with Crippen molar-refractivity contribution in [2.24, 2.45) is 0 Å². The zero-order valence-corrected chi connectivity index (χ0v) is 7.16. The topological polar surface area (TPSA) is 32.3 Å². The Kier molecular flexibility index (Phi) is 2.26. The van der Waals surface area contributed by atoms with Gasteiger partial charge in [0.05, 0.1) is 4.87 Å². The van der Waals surface area contributed by atoms with Gasteiger partial charge < -0.3 is 10.4 Å². The van der Waals surface area contributed by atoms with Gasteiger partial charge in [-0.05, 0) is 19.3 Å². The average Bonchev–Trinajstić information content (AvgIpc) is 2.12. The lowest BCUT2D eigenvalue weighted by Crippen LogP contribution is -2.34. The standard InChI is InChI=1S/C7H13NOS/c1-6-5-10-7(2,8-6)3-4-9/h5,8-9H,3-4H2,1-2H3. The van der Waals surface area contributed by atoms with Crippen LogP contribution in [0.25, 0.3) is 0 Å². The third kappa shape index (κ3) is 1.67. The van der Waals surface area contributed by atoms with Crippen molar-refractivity contribution in [3.63, 3.8) is 0 Å². The number of aliphatic hydroxyl groups excluding tert-OH is 1. The molecule has 1 aliphatic heterocycles. The van der Waals surface area contributed by atoms with Crippen LogP contribution in [-0.4, -0.2) is 16.6 Å². The summed E-state index contributed by atoms with van der Waals surface area (Å²) >= 11 is 1.74. The molecule has 0 bridgehead atoms. The lowest BCUT2D eigenvalue weighted by molar-refractivity contribution is 0.266. The zero-order chi connectivity index (χ0) is 7.61. The summed E-state index contributed by atoms with van der Waals surface area (Å²) in [7, 11) is 0. The molecule has 0 spiro atoms. The van der Waals surface area contributed by atoms with E-state index in [4.69, 9.17) is 5.11 Å². The van der Waals surface area contributed by atoms with Crippen LogP contribution in [0.4, 0.5) is 0 Å². The van der Waals surface area contributed by atoms with Crippen molar-refractivity contribution in [3.8, 4) is 0 Å². The predicted octanol–water partition coefficient (Wildman–Crippen LogP) is 1.28. The first kappa shape index (κ1) is 7.95. The molecule has 0 aromatic rings. The van der Waals surface area contributed by atoms with Crippen LogP contribution in [0.5, 0.6) is 0 Å². The summed E-state index contributed by atoms with van der Waals surface area (Å²) in [5.74, 6) is 0. The van der Waals surface area contributed by atoms with Crippen molar-refractivity contribution >= 4 is 11.8 Å². The van der Waals surface area contributed by atoms with Gasteiger partial charge in [0.2, 0.25) is 0 Å². The fourth-order valence-corrected chi connectivity index (χ4v) is 1.95. The highest BCUT2D eigenvalue weighted by Crippen LogP contribution is 2.33. The molecule has 1 aliphatic rings. The Morgan fingerprint density at radius 3 is 2.90 bits per heavy atom. The Morgan fingerprint density at radius 1 is 1.80 bits per heavy atom. The van der Waals surface area contributed by atoms with Crippen molar-refractivity contribution in [1.29, 1.82) is 0 Å². The third-order valence-electron chi connectivity index (χ3n) is 1.55. The lowest BCUT2D eigenvalue weighted by Gasteiger charge is -2.23. The molecule has 2 N–H and O–H groups in total. The van der Waals surface area contributed by atoms with E-state index in [2.05, 4.69) is 17.6 Å². The maximum Gasteiger partial charge on any atom is 0.0865 e. The van der Waals surface area contributed by atoms with Gasteiger partial charge in [0.15, 0.2) is 0 Å². The summed E-state index contributed by atoms with van der Waals surface area (Å²) in [4.78, 5) is 0.0405. The SMILES string of the molecule is CC1=CSC(C)(CCO)N1. The van der Waals surface area contributed by atoms with Gasteiger partial charge in [-0.15, -0.1) is 11.8 Å². The minimum atomic E-state index is 0.0405. The molecule has 0 aromatic carbocycles. The monoisotopic (exact) mass is 159 g/mol. The Labute approximate surface area is 65.7 Å². The van der Waals surface area contributed by atoms with E-state index in [-0.39, 0.29) is 11.5 Å². The van der Waals surface area contributed by atoms with Crippen LogP contribution in [0.2, 0.25) is 0 Å². The van der Waals surface area contributed by atoms with Crippen molar-refractivity contribution in [3.05, 3.63) is 11.1 Å². The Hall–Kier alpha value is -0.150. The molecule has 0 fully saturated rings. The van der Waals surface area contributed by atoms with Gasteiger partial charge in [-0.2, -0.15) is 0 Å². The van der Waals surface area contributed by atoms with Crippen molar-refractivity contribution in [2.75, 3.05) is 6.61 Å².